The van der Waals surface area contributed by atoms with Crippen molar-refractivity contribution in [3.05, 3.63) is 75.7 Å². The second-order valence-electron chi connectivity index (χ2n) is 8.07. The maximum atomic E-state index is 13.1. The van der Waals surface area contributed by atoms with Gasteiger partial charge in [0.15, 0.2) is 0 Å². The van der Waals surface area contributed by atoms with E-state index in [2.05, 4.69) is 22.3 Å². The van der Waals surface area contributed by atoms with Crippen molar-refractivity contribution in [2.24, 2.45) is 11.8 Å². The SMILES string of the molecule is C/C=C/c1ccc2n(c1=O)C[C@@H]1[C@@H](CO)[C@H](C(=O)NCC)[C@H]2N1Cc1ccccc1. The molecule has 2 aliphatic heterocycles. The second-order valence-corrected chi connectivity index (χ2v) is 8.07. The highest BCUT2D eigenvalue weighted by Gasteiger charge is 2.55. The number of aromatic nitrogens is 1. The Bertz CT molecular complexity index is 999. The Kier molecular flexibility index (Phi) is 5.88. The van der Waals surface area contributed by atoms with Gasteiger partial charge >= 0.3 is 0 Å². The second kappa shape index (κ2) is 8.58. The van der Waals surface area contributed by atoms with Gasteiger partial charge in [-0.25, -0.2) is 0 Å². The first-order chi connectivity index (χ1) is 14.6. The lowest BCUT2D eigenvalue weighted by Gasteiger charge is -2.38. The van der Waals surface area contributed by atoms with Crippen LogP contribution in [-0.2, 0) is 17.9 Å². The first-order valence-electron chi connectivity index (χ1n) is 10.6. The van der Waals surface area contributed by atoms with E-state index in [1.807, 2.05) is 60.9 Å². The zero-order chi connectivity index (χ0) is 21.3. The lowest BCUT2D eigenvalue weighted by atomic mass is 9.86. The number of aliphatic hydroxyl groups is 1. The van der Waals surface area contributed by atoms with E-state index in [9.17, 15) is 14.7 Å². The molecule has 6 nitrogen and oxygen atoms in total. The molecule has 1 fully saturated rings. The van der Waals surface area contributed by atoms with Gasteiger partial charge in [-0.2, -0.15) is 0 Å². The number of allylic oxidation sites excluding steroid dienone is 1. The van der Waals surface area contributed by atoms with Crippen molar-refractivity contribution in [2.45, 2.75) is 39.0 Å². The molecular formula is C24H29N3O3. The average Bonchev–Trinajstić information content (AvgIpc) is 2.95. The summed E-state index contributed by atoms with van der Waals surface area (Å²) in [5, 5.41) is 13.2. The summed E-state index contributed by atoms with van der Waals surface area (Å²) in [6.45, 7) is 5.39. The van der Waals surface area contributed by atoms with Crippen molar-refractivity contribution in [3.8, 4) is 0 Å². The molecule has 4 atom stereocenters. The molecule has 3 heterocycles. The van der Waals surface area contributed by atoms with Gasteiger partial charge < -0.3 is 15.0 Å². The van der Waals surface area contributed by atoms with Crippen LogP contribution < -0.4 is 10.9 Å². The standard InChI is InChI=1S/C24H29N3O3/c1-3-8-17-11-12-19-22-21(23(29)25-4-2)18(15-28)20(14-27(19)24(17)30)26(22)13-16-9-6-5-7-10-16/h3,5-12,18,20-22,28H,4,13-15H2,1-2H3,(H,25,29)/b8-3+/t18-,20-,21+,22+/m1/s1. The predicted octanol–water partition coefficient (Wildman–Crippen LogP) is 2.18. The Morgan fingerprint density at radius 1 is 1.23 bits per heavy atom. The Hall–Kier alpha value is -2.70. The molecule has 0 spiro atoms. The minimum absolute atomic E-state index is 0.0341. The van der Waals surface area contributed by atoms with Crippen LogP contribution in [0.4, 0.5) is 0 Å². The Morgan fingerprint density at radius 2 is 2.00 bits per heavy atom. The molecule has 0 saturated carbocycles. The molecule has 0 aliphatic carbocycles. The van der Waals surface area contributed by atoms with Crippen LogP contribution in [0.3, 0.4) is 0 Å². The molecule has 4 rings (SSSR count). The van der Waals surface area contributed by atoms with E-state index in [1.54, 1.807) is 0 Å². The normalized spacial score (nSPS) is 25.4. The molecule has 1 aromatic carbocycles. The highest BCUT2D eigenvalue weighted by Crippen LogP contribution is 2.48. The van der Waals surface area contributed by atoms with Gasteiger partial charge in [0.25, 0.3) is 5.56 Å². The zero-order valence-corrected chi connectivity index (χ0v) is 17.5. The molecule has 30 heavy (non-hydrogen) atoms. The smallest absolute Gasteiger partial charge is 0.258 e. The fourth-order valence-corrected chi connectivity index (χ4v) is 5.15. The minimum Gasteiger partial charge on any atom is -0.396 e. The number of nitrogens with one attached hydrogen (secondary N) is 1. The quantitative estimate of drug-likeness (QED) is 0.770. The van der Waals surface area contributed by atoms with E-state index < -0.39 is 5.92 Å². The fourth-order valence-electron chi connectivity index (χ4n) is 5.15. The zero-order valence-electron chi connectivity index (χ0n) is 17.5. The molecule has 2 bridgehead atoms. The van der Waals surface area contributed by atoms with E-state index >= 15 is 0 Å². The molecule has 2 aliphatic rings. The van der Waals surface area contributed by atoms with Gasteiger partial charge in [-0.3, -0.25) is 14.5 Å². The molecule has 1 aromatic heterocycles. The van der Waals surface area contributed by atoms with Crippen molar-refractivity contribution in [3.63, 3.8) is 0 Å². The number of nitrogens with zero attached hydrogens (tertiary/aromatic N) is 2. The summed E-state index contributed by atoms with van der Waals surface area (Å²) < 4.78 is 1.81. The van der Waals surface area contributed by atoms with Gasteiger partial charge in [0.2, 0.25) is 5.91 Å². The van der Waals surface area contributed by atoms with E-state index in [4.69, 9.17) is 0 Å². The number of hydrogen-bond donors (Lipinski definition) is 2. The minimum atomic E-state index is -0.399. The van der Waals surface area contributed by atoms with Crippen LogP contribution in [0.25, 0.3) is 6.08 Å². The van der Waals surface area contributed by atoms with Gasteiger partial charge in [-0.1, -0.05) is 42.5 Å². The number of rotatable bonds is 6. The third-order valence-electron chi connectivity index (χ3n) is 6.41. The Balaban J connectivity index is 1.83. The summed E-state index contributed by atoms with van der Waals surface area (Å²) in [4.78, 5) is 28.5. The number of pyridine rings is 1. The molecule has 2 N–H and O–H groups in total. The number of carbonyl (C=O) groups excluding carboxylic acids is 1. The molecule has 6 heteroatoms. The summed E-state index contributed by atoms with van der Waals surface area (Å²) in [5.74, 6) is -0.681. The predicted molar refractivity (Wildman–Crippen MR) is 117 cm³/mol. The monoisotopic (exact) mass is 407 g/mol. The van der Waals surface area contributed by atoms with Gasteiger partial charge in [-0.15, -0.1) is 0 Å². The summed E-state index contributed by atoms with van der Waals surface area (Å²) in [7, 11) is 0. The maximum Gasteiger partial charge on any atom is 0.258 e. The van der Waals surface area contributed by atoms with Crippen molar-refractivity contribution < 1.29 is 9.90 Å². The van der Waals surface area contributed by atoms with Gasteiger partial charge in [-0.05, 0) is 31.5 Å². The van der Waals surface area contributed by atoms with E-state index in [0.717, 1.165) is 11.3 Å². The van der Waals surface area contributed by atoms with E-state index in [-0.39, 0.29) is 36.1 Å². The topological polar surface area (TPSA) is 74.6 Å². The van der Waals surface area contributed by atoms with Crippen LogP contribution in [0, 0.1) is 11.8 Å². The molecule has 1 saturated heterocycles. The van der Waals surface area contributed by atoms with Crippen molar-refractivity contribution in [2.75, 3.05) is 13.2 Å². The summed E-state index contributed by atoms with van der Waals surface area (Å²) in [6.07, 6.45) is 3.68. The summed E-state index contributed by atoms with van der Waals surface area (Å²) in [5.41, 5.74) is 2.62. The highest BCUT2D eigenvalue weighted by molar-refractivity contribution is 5.80. The lowest BCUT2D eigenvalue weighted by molar-refractivity contribution is -0.127. The first-order valence-corrected chi connectivity index (χ1v) is 10.6. The van der Waals surface area contributed by atoms with Crippen LogP contribution in [0.5, 0.6) is 0 Å². The number of fused-ring (bicyclic) bond motifs is 4. The lowest BCUT2D eigenvalue weighted by Crippen LogP contribution is -2.46. The summed E-state index contributed by atoms with van der Waals surface area (Å²) in [6, 6.07) is 13.6. The molecule has 0 unspecified atom stereocenters. The van der Waals surface area contributed by atoms with Crippen molar-refractivity contribution in [1.82, 2.24) is 14.8 Å². The van der Waals surface area contributed by atoms with Crippen LogP contribution in [-0.4, -0.2) is 39.7 Å². The van der Waals surface area contributed by atoms with E-state index in [0.29, 0.717) is 25.2 Å². The number of aliphatic hydroxyl groups excluding tert-OH is 1. The molecule has 158 valence electrons. The number of benzene rings is 1. The van der Waals surface area contributed by atoms with Gasteiger partial charge in [0, 0.05) is 49.5 Å². The van der Waals surface area contributed by atoms with Crippen LogP contribution in [0.2, 0.25) is 0 Å². The van der Waals surface area contributed by atoms with Crippen molar-refractivity contribution in [1.29, 1.82) is 0 Å². The Labute approximate surface area is 176 Å². The number of carbonyl (C=O) groups is 1. The number of amides is 1. The largest absolute Gasteiger partial charge is 0.396 e. The van der Waals surface area contributed by atoms with Crippen LogP contribution >= 0.6 is 0 Å². The maximum absolute atomic E-state index is 13.1. The van der Waals surface area contributed by atoms with Gasteiger partial charge in [0.05, 0.1) is 12.0 Å². The molecule has 2 aromatic rings. The van der Waals surface area contributed by atoms with Crippen LogP contribution in [0.1, 0.15) is 36.7 Å². The van der Waals surface area contributed by atoms with Crippen LogP contribution in [0.15, 0.2) is 53.3 Å². The summed E-state index contributed by atoms with van der Waals surface area (Å²) >= 11 is 0. The molecule has 0 radical (unpaired) electrons. The van der Waals surface area contributed by atoms with E-state index in [1.165, 1.54) is 0 Å². The van der Waals surface area contributed by atoms with Crippen molar-refractivity contribution >= 4 is 12.0 Å². The molecular weight excluding hydrogens is 378 g/mol. The Morgan fingerprint density at radius 3 is 2.67 bits per heavy atom. The van der Waals surface area contributed by atoms with Gasteiger partial charge in [0.1, 0.15) is 0 Å². The highest BCUT2D eigenvalue weighted by atomic mass is 16.3. The first kappa shape index (κ1) is 20.6. The fraction of sp³-hybridized carbons (Fsp3) is 0.417. The number of hydrogen-bond acceptors (Lipinski definition) is 4. The third-order valence-corrected chi connectivity index (χ3v) is 6.41. The molecule has 1 amide bonds. The third kappa shape index (κ3) is 3.40. The average molecular weight is 408 g/mol.